The Kier molecular flexibility index (Phi) is 3.06. The number of aromatic amines is 1. The fraction of sp³-hybridized carbons (Fsp3) is 0. The van der Waals surface area contributed by atoms with Crippen molar-refractivity contribution in [3.8, 4) is 0 Å². The average Bonchev–Trinajstić information content (AvgIpc) is 2.86. The maximum atomic E-state index is 13.5. The second-order valence-corrected chi connectivity index (χ2v) is 4.58. The van der Waals surface area contributed by atoms with E-state index in [0.717, 1.165) is 17.5 Å². The first kappa shape index (κ1) is 13.1. The van der Waals surface area contributed by atoms with Gasteiger partial charge in [-0.1, -0.05) is 6.07 Å². The van der Waals surface area contributed by atoms with Gasteiger partial charge in [-0.15, -0.1) is 0 Å². The Morgan fingerprint density at radius 2 is 1.81 bits per heavy atom. The van der Waals surface area contributed by atoms with Gasteiger partial charge in [0.05, 0.1) is 0 Å². The topological polar surface area (TPSA) is 70.9 Å². The highest BCUT2D eigenvalue weighted by atomic mass is 19.1. The highest BCUT2D eigenvalue weighted by Crippen LogP contribution is 2.21. The van der Waals surface area contributed by atoms with Crippen LogP contribution in [0.1, 0.15) is 10.5 Å². The van der Waals surface area contributed by atoms with Crippen molar-refractivity contribution < 1.29 is 13.6 Å². The summed E-state index contributed by atoms with van der Waals surface area (Å²) in [6.07, 6.45) is 0. The number of carbonyl (C=O) groups is 1. The van der Waals surface area contributed by atoms with Crippen molar-refractivity contribution >= 4 is 28.2 Å². The van der Waals surface area contributed by atoms with E-state index in [1.807, 2.05) is 0 Å². The van der Waals surface area contributed by atoms with Crippen molar-refractivity contribution in [2.24, 2.45) is 0 Å². The first-order valence-electron chi connectivity index (χ1n) is 6.18. The van der Waals surface area contributed by atoms with Crippen LogP contribution in [0.3, 0.4) is 0 Å². The number of nitrogen functional groups attached to an aromatic ring is 1. The van der Waals surface area contributed by atoms with Crippen LogP contribution < -0.4 is 11.1 Å². The third-order valence-electron chi connectivity index (χ3n) is 3.09. The summed E-state index contributed by atoms with van der Waals surface area (Å²) in [6.45, 7) is 0. The summed E-state index contributed by atoms with van der Waals surface area (Å²) in [7, 11) is 0. The molecule has 3 aromatic rings. The molecule has 106 valence electrons. The maximum Gasteiger partial charge on any atom is 0.272 e. The molecule has 6 heteroatoms. The van der Waals surface area contributed by atoms with E-state index in [1.54, 1.807) is 24.3 Å². The van der Waals surface area contributed by atoms with Gasteiger partial charge in [0.25, 0.3) is 5.91 Å². The van der Waals surface area contributed by atoms with Crippen LogP contribution in [0.4, 0.5) is 20.2 Å². The Hall–Kier alpha value is -2.89. The van der Waals surface area contributed by atoms with E-state index in [0.29, 0.717) is 11.2 Å². The summed E-state index contributed by atoms with van der Waals surface area (Å²) in [5.74, 6) is -2.29. The molecule has 0 aliphatic rings. The fourth-order valence-corrected chi connectivity index (χ4v) is 2.07. The molecular formula is C15H11F2N3O. The van der Waals surface area contributed by atoms with Crippen molar-refractivity contribution in [1.29, 1.82) is 0 Å². The second-order valence-electron chi connectivity index (χ2n) is 4.58. The van der Waals surface area contributed by atoms with Gasteiger partial charge in [-0.2, -0.15) is 0 Å². The number of nitrogens with two attached hydrogens (primary N) is 1. The fourth-order valence-electron chi connectivity index (χ4n) is 2.07. The summed E-state index contributed by atoms with van der Waals surface area (Å²) in [5, 5.41) is 2.96. The summed E-state index contributed by atoms with van der Waals surface area (Å²) in [4.78, 5) is 14.9. The summed E-state index contributed by atoms with van der Waals surface area (Å²) < 4.78 is 27.0. The van der Waals surface area contributed by atoms with Gasteiger partial charge in [0, 0.05) is 16.6 Å². The van der Waals surface area contributed by atoms with Gasteiger partial charge in [-0.25, -0.2) is 8.78 Å². The summed E-state index contributed by atoms with van der Waals surface area (Å²) in [6, 6.07) is 10.1. The number of H-pyrrole nitrogens is 1. The Labute approximate surface area is 118 Å². The van der Waals surface area contributed by atoms with Crippen molar-refractivity contribution in [3.05, 3.63) is 59.8 Å². The lowest BCUT2D eigenvalue weighted by Crippen LogP contribution is -2.14. The number of amides is 1. The number of halogens is 2. The van der Waals surface area contributed by atoms with Gasteiger partial charge < -0.3 is 16.0 Å². The number of anilines is 2. The van der Waals surface area contributed by atoms with E-state index in [-0.39, 0.29) is 5.69 Å². The largest absolute Gasteiger partial charge is 0.399 e. The Morgan fingerprint density at radius 1 is 1.10 bits per heavy atom. The van der Waals surface area contributed by atoms with Crippen molar-refractivity contribution in [2.75, 3.05) is 11.1 Å². The first-order chi connectivity index (χ1) is 10.0. The van der Waals surface area contributed by atoms with Gasteiger partial charge in [-0.3, -0.25) is 4.79 Å². The average molecular weight is 287 g/mol. The predicted molar refractivity (Wildman–Crippen MR) is 77.0 cm³/mol. The zero-order valence-corrected chi connectivity index (χ0v) is 10.8. The maximum absolute atomic E-state index is 13.5. The number of para-hydroxylation sites is 1. The molecule has 0 aliphatic heterocycles. The number of aromatic nitrogens is 1. The van der Waals surface area contributed by atoms with Gasteiger partial charge in [-0.05, 0) is 36.4 Å². The van der Waals surface area contributed by atoms with Crippen LogP contribution in [0.15, 0.2) is 42.5 Å². The van der Waals surface area contributed by atoms with Crippen LogP contribution in [0, 0.1) is 11.6 Å². The van der Waals surface area contributed by atoms with Crippen LogP contribution in [0.25, 0.3) is 10.9 Å². The van der Waals surface area contributed by atoms with Crippen molar-refractivity contribution in [3.63, 3.8) is 0 Å². The number of nitrogens with one attached hydrogen (secondary N) is 2. The SMILES string of the molecule is Nc1ccc2[nH]c(C(=O)Nc3c(F)cccc3F)cc2c1. The molecule has 0 aliphatic carbocycles. The van der Waals surface area contributed by atoms with E-state index in [2.05, 4.69) is 10.3 Å². The molecule has 0 saturated heterocycles. The molecule has 21 heavy (non-hydrogen) atoms. The smallest absolute Gasteiger partial charge is 0.272 e. The molecule has 0 spiro atoms. The second kappa shape index (κ2) is 4.90. The first-order valence-corrected chi connectivity index (χ1v) is 6.18. The minimum Gasteiger partial charge on any atom is -0.399 e. The molecule has 2 aromatic carbocycles. The van der Waals surface area contributed by atoms with E-state index >= 15 is 0 Å². The van der Waals surface area contributed by atoms with E-state index in [4.69, 9.17) is 5.73 Å². The molecule has 0 unspecified atom stereocenters. The van der Waals surface area contributed by atoms with Gasteiger partial charge in [0.1, 0.15) is 23.0 Å². The third-order valence-corrected chi connectivity index (χ3v) is 3.09. The Bertz CT molecular complexity index is 822. The monoisotopic (exact) mass is 287 g/mol. The molecular weight excluding hydrogens is 276 g/mol. The third kappa shape index (κ3) is 2.43. The summed E-state index contributed by atoms with van der Waals surface area (Å²) >= 11 is 0. The predicted octanol–water partition coefficient (Wildman–Crippen LogP) is 3.28. The molecule has 0 fully saturated rings. The van der Waals surface area contributed by atoms with Gasteiger partial charge >= 0.3 is 0 Å². The molecule has 4 N–H and O–H groups in total. The number of hydrogen-bond donors (Lipinski definition) is 3. The number of fused-ring (bicyclic) bond motifs is 1. The minimum atomic E-state index is -0.830. The number of rotatable bonds is 2. The van der Waals surface area contributed by atoms with Crippen LogP contribution in [-0.4, -0.2) is 10.9 Å². The Balaban J connectivity index is 1.94. The zero-order valence-electron chi connectivity index (χ0n) is 10.8. The Morgan fingerprint density at radius 3 is 2.52 bits per heavy atom. The van der Waals surface area contributed by atoms with Gasteiger partial charge in [0.15, 0.2) is 0 Å². The lowest BCUT2D eigenvalue weighted by molar-refractivity contribution is 0.102. The molecule has 3 rings (SSSR count). The summed E-state index contributed by atoms with van der Waals surface area (Å²) in [5.41, 5.74) is 6.66. The van der Waals surface area contributed by atoms with Crippen LogP contribution in [0.5, 0.6) is 0 Å². The van der Waals surface area contributed by atoms with Gasteiger partial charge in [0.2, 0.25) is 0 Å². The van der Waals surface area contributed by atoms with E-state index in [9.17, 15) is 13.6 Å². The van der Waals surface area contributed by atoms with Crippen molar-refractivity contribution in [1.82, 2.24) is 4.98 Å². The van der Waals surface area contributed by atoms with Crippen molar-refractivity contribution in [2.45, 2.75) is 0 Å². The molecule has 4 nitrogen and oxygen atoms in total. The molecule has 1 aromatic heterocycles. The molecule has 0 saturated carbocycles. The van der Waals surface area contributed by atoms with E-state index < -0.39 is 23.2 Å². The molecule has 1 amide bonds. The molecule has 1 heterocycles. The lowest BCUT2D eigenvalue weighted by Gasteiger charge is -2.05. The van der Waals surface area contributed by atoms with Crippen LogP contribution >= 0.6 is 0 Å². The molecule has 0 bridgehead atoms. The molecule has 0 radical (unpaired) electrons. The minimum absolute atomic E-state index is 0.193. The van der Waals surface area contributed by atoms with Crippen LogP contribution in [0.2, 0.25) is 0 Å². The lowest BCUT2D eigenvalue weighted by atomic mass is 10.2. The standard InChI is InChI=1S/C15H11F2N3O/c16-10-2-1-3-11(17)14(10)20-15(21)13-7-8-6-9(18)4-5-12(8)19-13/h1-7,19H,18H2,(H,20,21). The highest BCUT2D eigenvalue weighted by molar-refractivity contribution is 6.06. The molecule has 0 atom stereocenters. The number of carbonyl (C=O) groups excluding carboxylic acids is 1. The number of benzene rings is 2. The van der Waals surface area contributed by atoms with E-state index in [1.165, 1.54) is 6.07 Å². The number of hydrogen-bond acceptors (Lipinski definition) is 2. The highest BCUT2D eigenvalue weighted by Gasteiger charge is 2.15. The normalized spacial score (nSPS) is 10.8. The quantitative estimate of drug-likeness (QED) is 0.633. The zero-order chi connectivity index (χ0) is 15.0. The van der Waals surface area contributed by atoms with Crippen LogP contribution in [-0.2, 0) is 0 Å².